The molecule has 1 aromatic carbocycles. The Hall–Kier alpha value is -2.41. The quantitative estimate of drug-likeness (QED) is 0.836. The van der Waals surface area contributed by atoms with Gasteiger partial charge in [-0.25, -0.2) is 4.39 Å². The summed E-state index contributed by atoms with van der Waals surface area (Å²) in [6.07, 6.45) is 3.36. The van der Waals surface area contributed by atoms with Crippen LogP contribution in [0.1, 0.15) is 26.2 Å². The number of pyridine rings is 1. The lowest BCUT2D eigenvalue weighted by Gasteiger charge is -2.33. The van der Waals surface area contributed by atoms with Gasteiger partial charge in [-0.2, -0.15) is 0 Å². The van der Waals surface area contributed by atoms with Gasteiger partial charge in [-0.05, 0) is 31.9 Å². The number of ether oxygens (including phenoxy) is 1. The molecule has 1 N–H and O–H groups in total. The van der Waals surface area contributed by atoms with Crippen LogP contribution in [0.15, 0.2) is 30.5 Å². The van der Waals surface area contributed by atoms with E-state index < -0.39 is 6.17 Å². The van der Waals surface area contributed by atoms with Crippen LogP contribution in [0, 0.1) is 0 Å². The Morgan fingerprint density at radius 2 is 2.14 bits per heavy atom. The fourth-order valence-electron chi connectivity index (χ4n) is 4.44. The van der Waals surface area contributed by atoms with Crippen LogP contribution < -0.4 is 10.1 Å². The SMILES string of the molecule is COc1cccc2cc(NC3CCN(CC(=O)N4C[C@@H](F)C[C@H]4C)CC3)cnc12. The Bertz CT molecular complexity index is 869. The first-order valence-electron chi connectivity index (χ1n) is 10.4. The summed E-state index contributed by atoms with van der Waals surface area (Å²) in [6, 6.07) is 8.38. The number of para-hydroxylation sites is 1. The first-order chi connectivity index (χ1) is 14.0. The third-order valence-corrected chi connectivity index (χ3v) is 6.06. The molecule has 0 unspecified atom stereocenters. The van der Waals surface area contributed by atoms with Gasteiger partial charge in [-0.15, -0.1) is 0 Å². The van der Waals surface area contributed by atoms with Gasteiger partial charge in [0.2, 0.25) is 5.91 Å². The van der Waals surface area contributed by atoms with E-state index >= 15 is 0 Å². The number of amides is 1. The monoisotopic (exact) mass is 400 g/mol. The largest absolute Gasteiger partial charge is 0.494 e. The molecule has 1 aromatic heterocycles. The maximum atomic E-state index is 13.5. The fraction of sp³-hybridized carbons (Fsp3) is 0.545. The number of halogens is 1. The number of carbonyl (C=O) groups is 1. The molecule has 1 amide bonds. The summed E-state index contributed by atoms with van der Waals surface area (Å²) >= 11 is 0. The molecule has 2 saturated heterocycles. The number of aromatic nitrogens is 1. The van der Waals surface area contributed by atoms with Gasteiger partial charge in [0.1, 0.15) is 17.4 Å². The first kappa shape index (κ1) is 19.9. The maximum Gasteiger partial charge on any atom is 0.237 e. The van der Waals surface area contributed by atoms with Crippen LogP contribution in [0.2, 0.25) is 0 Å². The summed E-state index contributed by atoms with van der Waals surface area (Å²) < 4.78 is 18.9. The Morgan fingerprint density at radius 1 is 1.34 bits per heavy atom. The number of likely N-dealkylation sites (tertiary alicyclic amines) is 2. The minimum absolute atomic E-state index is 0.00994. The van der Waals surface area contributed by atoms with E-state index in [0.29, 0.717) is 19.0 Å². The average Bonchev–Trinajstić information content (AvgIpc) is 3.07. The Morgan fingerprint density at radius 3 is 2.83 bits per heavy atom. The van der Waals surface area contributed by atoms with Gasteiger partial charge in [-0.1, -0.05) is 12.1 Å². The number of hydrogen-bond acceptors (Lipinski definition) is 5. The van der Waals surface area contributed by atoms with Crippen molar-refractivity contribution >= 4 is 22.5 Å². The number of hydrogen-bond donors (Lipinski definition) is 1. The normalized spacial score (nSPS) is 23.5. The molecule has 2 fully saturated rings. The number of piperidine rings is 1. The summed E-state index contributed by atoms with van der Waals surface area (Å²) in [4.78, 5) is 20.9. The molecular weight excluding hydrogens is 371 g/mol. The number of nitrogens with zero attached hydrogens (tertiary/aromatic N) is 3. The molecule has 29 heavy (non-hydrogen) atoms. The highest BCUT2D eigenvalue weighted by molar-refractivity contribution is 5.86. The van der Waals surface area contributed by atoms with Crippen LogP contribution in [0.3, 0.4) is 0 Å². The molecule has 3 heterocycles. The Balaban J connectivity index is 1.30. The second kappa shape index (κ2) is 8.53. The van der Waals surface area contributed by atoms with Gasteiger partial charge in [0.15, 0.2) is 0 Å². The standard InChI is InChI=1S/C22H29FN4O2/c1-15-10-17(23)13-27(15)21(28)14-26-8-6-18(7-9-26)25-19-11-16-4-3-5-20(29-2)22(16)24-12-19/h3-5,11-12,15,17-18,25H,6-10,13-14H2,1-2H3/t15-,17+/m1/s1. The smallest absolute Gasteiger partial charge is 0.237 e. The zero-order chi connectivity index (χ0) is 20.4. The lowest BCUT2D eigenvalue weighted by Crippen LogP contribution is -2.46. The second-order valence-electron chi connectivity index (χ2n) is 8.18. The average molecular weight is 400 g/mol. The predicted molar refractivity (Wildman–Crippen MR) is 112 cm³/mol. The predicted octanol–water partition coefficient (Wildman–Crippen LogP) is 3.08. The molecule has 7 heteroatoms. The second-order valence-corrected chi connectivity index (χ2v) is 8.18. The molecule has 2 aliphatic rings. The topological polar surface area (TPSA) is 57.7 Å². The fourth-order valence-corrected chi connectivity index (χ4v) is 4.44. The van der Waals surface area contributed by atoms with Gasteiger partial charge in [0, 0.05) is 37.0 Å². The Labute approximate surface area is 171 Å². The van der Waals surface area contributed by atoms with E-state index in [1.54, 1.807) is 12.0 Å². The highest BCUT2D eigenvalue weighted by Gasteiger charge is 2.33. The summed E-state index contributed by atoms with van der Waals surface area (Å²) in [6.45, 7) is 4.29. The van der Waals surface area contributed by atoms with Crippen molar-refractivity contribution in [3.63, 3.8) is 0 Å². The third-order valence-electron chi connectivity index (χ3n) is 6.06. The summed E-state index contributed by atoms with van der Waals surface area (Å²) in [5.74, 6) is 0.829. The number of fused-ring (bicyclic) bond motifs is 1. The molecule has 0 aliphatic carbocycles. The molecule has 156 valence electrons. The van der Waals surface area contributed by atoms with Gasteiger partial charge in [0.05, 0.1) is 32.1 Å². The molecule has 0 saturated carbocycles. The lowest BCUT2D eigenvalue weighted by molar-refractivity contribution is -0.133. The summed E-state index contributed by atoms with van der Waals surface area (Å²) in [5, 5.41) is 4.62. The molecule has 6 nitrogen and oxygen atoms in total. The van der Waals surface area contributed by atoms with Crippen LogP contribution in [0.5, 0.6) is 5.75 Å². The van der Waals surface area contributed by atoms with Crippen molar-refractivity contribution < 1.29 is 13.9 Å². The number of anilines is 1. The van der Waals surface area contributed by atoms with Crippen molar-refractivity contribution in [3.05, 3.63) is 30.5 Å². The van der Waals surface area contributed by atoms with Crippen molar-refractivity contribution in [3.8, 4) is 5.75 Å². The van der Waals surface area contributed by atoms with E-state index in [4.69, 9.17) is 4.74 Å². The molecule has 2 aromatic rings. The molecule has 0 spiro atoms. The van der Waals surface area contributed by atoms with E-state index in [1.165, 1.54) is 0 Å². The van der Waals surface area contributed by atoms with Gasteiger partial charge >= 0.3 is 0 Å². The first-order valence-corrected chi connectivity index (χ1v) is 10.4. The van der Waals surface area contributed by atoms with E-state index in [2.05, 4.69) is 21.3 Å². The number of alkyl halides is 1. The van der Waals surface area contributed by atoms with Crippen molar-refractivity contribution in [1.29, 1.82) is 0 Å². The molecule has 4 rings (SSSR count). The number of benzene rings is 1. The van der Waals surface area contributed by atoms with Crippen molar-refractivity contribution in [1.82, 2.24) is 14.8 Å². The molecular formula is C22H29FN4O2. The van der Waals surface area contributed by atoms with Crippen LogP contribution in [-0.2, 0) is 4.79 Å². The minimum Gasteiger partial charge on any atom is -0.494 e. The zero-order valence-corrected chi connectivity index (χ0v) is 17.1. The Kier molecular flexibility index (Phi) is 5.85. The van der Waals surface area contributed by atoms with Crippen molar-refractivity contribution in [2.24, 2.45) is 0 Å². The van der Waals surface area contributed by atoms with E-state index in [-0.39, 0.29) is 18.5 Å². The van der Waals surface area contributed by atoms with Crippen LogP contribution >= 0.6 is 0 Å². The maximum absolute atomic E-state index is 13.5. The number of methoxy groups -OCH3 is 1. The van der Waals surface area contributed by atoms with Crippen LogP contribution in [-0.4, -0.2) is 72.2 Å². The zero-order valence-electron chi connectivity index (χ0n) is 17.1. The van der Waals surface area contributed by atoms with Crippen LogP contribution in [0.25, 0.3) is 10.9 Å². The lowest BCUT2D eigenvalue weighted by atomic mass is 10.0. The summed E-state index contributed by atoms with van der Waals surface area (Å²) in [7, 11) is 1.65. The highest BCUT2D eigenvalue weighted by atomic mass is 19.1. The van der Waals surface area contributed by atoms with Gasteiger partial charge in [0.25, 0.3) is 0 Å². The highest BCUT2D eigenvalue weighted by Crippen LogP contribution is 2.26. The van der Waals surface area contributed by atoms with Crippen LogP contribution in [0.4, 0.5) is 10.1 Å². The molecule has 0 bridgehead atoms. The van der Waals surface area contributed by atoms with Gasteiger partial charge in [-0.3, -0.25) is 14.7 Å². The molecule has 0 radical (unpaired) electrons. The third kappa shape index (κ3) is 4.45. The minimum atomic E-state index is -0.876. The van der Waals surface area contributed by atoms with E-state index in [0.717, 1.165) is 48.3 Å². The van der Waals surface area contributed by atoms with E-state index in [1.807, 2.05) is 31.3 Å². The number of carbonyl (C=O) groups excluding carboxylic acids is 1. The number of nitrogens with one attached hydrogen (secondary N) is 1. The van der Waals surface area contributed by atoms with Crippen molar-refractivity contribution in [2.75, 3.05) is 38.6 Å². The van der Waals surface area contributed by atoms with Crippen molar-refractivity contribution in [2.45, 2.75) is 44.4 Å². The van der Waals surface area contributed by atoms with Gasteiger partial charge < -0.3 is 15.0 Å². The molecule has 2 aliphatic heterocycles. The summed E-state index contributed by atoms with van der Waals surface area (Å²) in [5.41, 5.74) is 1.86. The molecule has 2 atom stereocenters. The number of rotatable bonds is 5. The van der Waals surface area contributed by atoms with E-state index in [9.17, 15) is 9.18 Å².